The van der Waals surface area contributed by atoms with Gasteiger partial charge in [0.15, 0.2) is 17.0 Å². The highest BCUT2D eigenvalue weighted by atomic mass is 16.3. The lowest BCUT2D eigenvalue weighted by Crippen LogP contribution is -2.30. The number of carbonyl (C=O) groups is 2. The first-order chi connectivity index (χ1) is 16.9. The molecule has 1 aromatic carbocycles. The molecule has 1 atom stereocenters. The Labute approximate surface area is 198 Å². The first-order valence-corrected chi connectivity index (χ1v) is 10.5. The standard InChI is InChI=1S/C20H22N12O3/c1-22-14(33)7-6-13(16-29-31-32-30-16)26-18(34)10-2-4-11(5-3-10)23-8-12-9-24-17-15(25-12)19(35)28-20(21)27-17/h2-5,9,13,23H,6-8H2,1H3,(H,22,33)(H,26,34)(H,29,30,31,32)(H3,21,24,27,28,35)/t13-/m0/s1. The molecule has 7 N–H and O–H groups in total. The van der Waals surface area contributed by atoms with E-state index in [1.165, 1.54) is 6.20 Å². The monoisotopic (exact) mass is 478 g/mol. The van der Waals surface area contributed by atoms with Gasteiger partial charge in [-0.15, -0.1) is 5.10 Å². The summed E-state index contributed by atoms with van der Waals surface area (Å²) in [7, 11) is 1.54. The van der Waals surface area contributed by atoms with E-state index in [9.17, 15) is 14.7 Å². The van der Waals surface area contributed by atoms with Gasteiger partial charge in [-0.1, -0.05) is 0 Å². The molecular formula is C20H22N12O3. The van der Waals surface area contributed by atoms with Gasteiger partial charge in [0.25, 0.3) is 5.91 Å². The normalized spacial score (nSPS) is 11.7. The van der Waals surface area contributed by atoms with Crippen molar-refractivity contribution < 1.29 is 14.7 Å². The molecule has 0 saturated carbocycles. The number of tetrazole rings is 1. The van der Waals surface area contributed by atoms with E-state index in [0.717, 1.165) is 5.69 Å². The van der Waals surface area contributed by atoms with E-state index in [2.05, 4.69) is 56.5 Å². The molecule has 0 spiro atoms. The van der Waals surface area contributed by atoms with E-state index >= 15 is 0 Å². The van der Waals surface area contributed by atoms with Gasteiger partial charge in [-0.2, -0.15) is 9.97 Å². The third kappa shape index (κ3) is 5.70. The number of carbonyl (C=O) groups excluding carboxylic acids is 2. The smallest absolute Gasteiger partial charge is 0.251 e. The fraction of sp³-hybridized carbons (Fsp3) is 0.250. The van der Waals surface area contributed by atoms with Crippen molar-refractivity contribution >= 4 is 34.6 Å². The Bertz CT molecular complexity index is 1330. The Balaban J connectivity index is 1.38. The Hall–Kier alpha value is -4.95. The maximum absolute atomic E-state index is 12.8. The van der Waals surface area contributed by atoms with Crippen LogP contribution in [0.1, 0.15) is 40.8 Å². The quantitative estimate of drug-likeness (QED) is 0.184. The van der Waals surface area contributed by atoms with Crippen LogP contribution in [0.25, 0.3) is 11.2 Å². The average molecular weight is 478 g/mol. The second kappa shape index (κ2) is 10.3. The van der Waals surface area contributed by atoms with Crippen LogP contribution in [0.4, 0.5) is 11.6 Å². The molecule has 35 heavy (non-hydrogen) atoms. The highest BCUT2D eigenvalue weighted by molar-refractivity contribution is 5.94. The zero-order valence-electron chi connectivity index (χ0n) is 18.6. The number of aromatic hydroxyl groups is 1. The van der Waals surface area contributed by atoms with Crippen molar-refractivity contribution in [3.8, 4) is 5.88 Å². The molecule has 3 aromatic heterocycles. The minimum Gasteiger partial charge on any atom is -0.492 e. The third-order valence-corrected chi connectivity index (χ3v) is 5.01. The molecule has 0 bridgehead atoms. The van der Waals surface area contributed by atoms with Crippen LogP contribution in [0.5, 0.6) is 5.88 Å². The Morgan fingerprint density at radius 3 is 2.69 bits per heavy atom. The van der Waals surface area contributed by atoms with Crippen molar-refractivity contribution in [1.29, 1.82) is 0 Å². The highest BCUT2D eigenvalue weighted by Gasteiger charge is 2.20. The van der Waals surface area contributed by atoms with Crippen LogP contribution in [0.3, 0.4) is 0 Å². The SMILES string of the molecule is CNC(=O)CC[C@H](NC(=O)c1ccc(NCc2cnc3nc(N)nc(O)c3n2)cc1)c1nnn[nH]1. The molecule has 0 fully saturated rings. The molecule has 0 unspecified atom stereocenters. The first-order valence-electron chi connectivity index (χ1n) is 10.5. The van der Waals surface area contributed by atoms with Gasteiger partial charge in [0, 0.05) is 24.7 Å². The lowest BCUT2D eigenvalue weighted by Gasteiger charge is -2.16. The largest absolute Gasteiger partial charge is 0.492 e. The number of nitrogens with two attached hydrogens (primary N) is 1. The van der Waals surface area contributed by atoms with E-state index in [1.807, 2.05) is 0 Å². The number of hydrogen-bond donors (Lipinski definition) is 6. The molecule has 180 valence electrons. The number of rotatable bonds is 9. The number of H-pyrrole nitrogens is 1. The van der Waals surface area contributed by atoms with Crippen LogP contribution in [0, 0.1) is 0 Å². The summed E-state index contributed by atoms with van der Waals surface area (Å²) in [5, 5.41) is 32.0. The van der Waals surface area contributed by atoms with Crippen molar-refractivity contribution in [2.45, 2.75) is 25.4 Å². The summed E-state index contributed by atoms with van der Waals surface area (Å²) in [6, 6.07) is 6.22. The van der Waals surface area contributed by atoms with Gasteiger partial charge in [-0.05, 0) is 41.1 Å². The van der Waals surface area contributed by atoms with Crippen LogP contribution in [0.2, 0.25) is 0 Å². The fourth-order valence-electron chi connectivity index (χ4n) is 3.20. The van der Waals surface area contributed by atoms with Gasteiger partial charge >= 0.3 is 0 Å². The minimum absolute atomic E-state index is 0.0884. The Morgan fingerprint density at radius 2 is 1.97 bits per heavy atom. The number of aromatic amines is 1. The van der Waals surface area contributed by atoms with E-state index in [-0.39, 0.29) is 41.2 Å². The predicted octanol–water partition coefficient (Wildman–Crippen LogP) is -0.170. The van der Waals surface area contributed by atoms with Crippen molar-refractivity contribution in [2.24, 2.45) is 0 Å². The van der Waals surface area contributed by atoms with E-state index in [4.69, 9.17) is 5.73 Å². The van der Waals surface area contributed by atoms with Gasteiger partial charge < -0.3 is 26.8 Å². The molecule has 15 heteroatoms. The molecule has 0 aliphatic rings. The van der Waals surface area contributed by atoms with Crippen LogP contribution in [-0.2, 0) is 11.3 Å². The summed E-state index contributed by atoms with van der Waals surface area (Å²) < 4.78 is 0. The van der Waals surface area contributed by atoms with E-state index in [1.54, 1.807) is 31.3 Å². The van der Waals surface area contributed by atoms with Gasteiger partial charge in [-0.3, -0.25) is 9.59 Å². The molecule has 4 aromatic rings. The summed E-state index contributed by atoms with van der Waals surface area (Å²) in [5.74, 6) is -0.571. The van der Waals surface area contributed by atoms with Crippen molar-refractivity contribution in [1.82, 2.24) is 51.2 Å². The van der Waals surface area contributed by atoms with Crippen LogP contribution in [-0.4, -0.2) is 64.5 Å². The minimum atomic E-state index is -0.560. The number of anilines is 2. The van der Waals surface area contributed by atoms with E-state index < -0.39 is 6.04 Å². The van der Waals surface area contributed by atoms with Crippen LogP contribution in [0.15, 0.2) is 30.5 Å². The number of nitrogens with one attached hydrogen (secondary N) is 4. The number of amides is 2. The molecule has 2 amide bonds. The fourth-order valence-corrected chi connectivity index (χ4v) is 3.20. The topological polar surface area (TPSA) is 222 Å². The van der Waals surface area contributed by atoms with Crippen molar-refractivity contribution in [2.75, 3.05) is 18.1 Å². The Kier molecular flexibility index (Phi) is 6.85. The summed E-state index contributed by atoms with van der Waals surface area (Å²) in [6.07, 6.45) is 2.03. The average Bonchev–Trinajstić information content (AvgIpc) is 3.40. The first kappa shape index (κ1) is 23.2. The van der Waals surface area contributed by atoms with Gasteiger partial charge in [0.05, 0.1) is 24.5 Å². The molecule has 0 aliphatic heterocycles. The molecule has 3 heterocycles. The second-order valence-corrected chi connectivity index (χ2v) is 7.39. The number of hydrogen-bond acceptors (Lipinski definition) is 12. The van der Waals surface area contributed by atoms with Gasteiger partial charge in [0.1, 0.15) is 0 Å². The maximum Gasteiger partial charge on any atom is 0.251 e. The second-order valence-electron chi connectivity index (χ2n) is 7.39. The molecule has 4 rings (SSSR count). The summed E-state index contributed by atoms with van der Waals surface area (Å²) in [4.78, 5) is 40.4. The van der Waals surface area contributed by atoms with Gasteiger partial charge in [0.2, 0.25) is 17.7 Å². The predicted molar refractivity (Wildman–Crippen MR) is 123 cm³/mol. The number of benzene rings is 1. The molecule has 15 nitrogen and oxygen atoms in total. The zero-order valence-corrected chi connectivity index (χ0v) is 18.6. The molecule has 0 aliphatic carbocycles. The van der Waals surface area contributed by atoms with Crippen LogP contribution < -0.4 is 21.7 Å². The highest BCUT2D eigenvalue weighted by Crippen LogP contribution is 2.19. The molecule has 0 saturated heterocycles. The number of aromatic nitrogens is 8. The van der Waals surface area contributed by atoms with Gasteiger partial charge in [-0.25, -0.2) is 15.1 Å². The summed E-state index contributed by atoms with van der Waals surface area (Å²) in [5.41, 5.74) is 7.54. The summed E-state index contributed by atoms with van der Waals surface area (Å²) >= 11 is 0. The zero-order chi connectivity index (χ0) is 24.8. The Morgan fingerprint density at radius 1 is 1.17 bits per heavy atom. The number of nitrogens with zero attached hydrogens (tertiary/aromatic N) is 7. The van der Waals surface area contributed by atoms with Crippen LogP contribution >= 0.6 is 0 Å². The van der Waals surface area contributed by atoms with Crippen molar-refractivity contribution in [3.05, 3.63) is 47.5 Å². The lowest BCUT2D eigenvalue weighted by atomic mass is 10.1. The maximum atomic E-state index is 12.8. The molecular weight excluding hydrogens is 456 g/mol. The number of fused-ring (bicyclic) bond motifs is 1. The van der Waals surface area contributed by atoms with E-state index in [0.29, 0.717) is 30.0 Å². The number of nitrogen functional groups attached to an aromatic ring is 1. The lowest BCUT2D eigenvalue weighted by molar-refractivity contribution is -0.120. The summed E-state index contributed by atoms with van der Waals surface area (Å²) in [6.45, 7) is 0.304. The third-order valence-electron chi connectivity index (χ3n) is 5.01. The van der Waals surface area contributed by atoms with Crippen molar-refractivity contribution in [3.63, 3.8) is 0 Å². The molecule has 0 radical (unpaired) electrons.